The molecule has 0 saturated heterocycles. The van der Waals surface area contributed by atoms with Gasteiger partial charge in [-0.3, -0.25) is 4.79 Å². The Kier molecular flexibility index (Phi) is 1.48. The molecule has 1 aromatic carbocycles. The maximum absolute atomic E-state index is 11.0. The van der Waals surface area contributed by atoms with Crippen LogP contribution in [0.4, 0.5) is 0 Å². The van der Waals surface area contributed by atoms with Crippen molar-refractivity contribution in [2.75, 3.05) is 0 Å². The first-order valence-corrected chi connectivity index (χ1v) is 3.72. The van der Waals surface area contributed by atoms with Crippen molar-refractivity contribution >= 4 is 10.9 Å². The van der Waals surface area contributed by atoms with E-state index in [1.807, 2.05) is 0 Å². The number of para-hydroxylation sites is 1. The molecule has 0 amide bonds. The van der Waals surface area contributed by atoms with Gasteiger partial charge < -0.3 is 15.2 Å². The summed E-state index contributed by atoms with van der Waals surface area (Å²) in [5.41, 5.74) is -0.265. The number of rotatable bonds is 0. The predicted octanol–water partition coefficient (Wildman–Crippen LogP) is 0.939. The summed E-state index contributed by atoms with van der Waals surface area (Å²) in [6.07, 6.45) is 0. The van der Waals surface area contributed by atoms with Crippen molar-refractivity contribution in [1.82, 2.24) is 4.98 Å². The molecule has 0 unspecified atom stereocenters. The van der Waals surface area contributed by atoms with Gasteiger partial charge in [-0.15, -0.1) is 0 Å². The van der Waals surface area contributed by atoms with Gasteiger partial charge in [0.1, 0.15) is 5.75 Å². The summed E-state index contributed by atoms with van der Waals surface area (Å²) in [5, 5.41) is 19.0. The zero-order valence-corrected chi connectivity index (χ0v) is 6.61. The number of pyridine rings is 1. The second-order valence-corrected chi connectivity index (χ2v) is 2.73. The number of H-pyrrole nitrogens is 1. The lowest BCUT2D eigenvalue weighted by Gasteiger charge is -1.99. The molecule has 2 rings (SSSR count). The molecule has 13 heavy (non-hydrogen) atoms. The second-order valence-electron chi connectivity index (χ2n) is 2.73. The van der Waals surface area contributed by atoms with E-state index < -0.39 is 5.56 Å². The van der Waals surface area contributed by atoms with Crippen LogP contribution in [0.15, 0.2) is 29.1 Å². The number of hydrogen-bond acceptors (Lipinski definition) is 3. The summed E-state index contributed by atoms with van der Waals surface area (Å²) in [6, 6.07) is 6.10. The van der Waals surface area contributed by atoms with Gasteiger partial charge in [0.15, 0.2) is 5.75 Å². The van der Waals surface area contributed by atoms with Crippen molar-refractivity contribution < 1.29 is 10.2 Å². The molecule has 4 heteroatoms. The third-order valence-corrected chi connectivity index (χ3v) is 1.84. The Morgan fingerprint density at radius 1 is 1.15 bits per heavy atom. The lowest BCUT2D eigenvalue weighted by Crippen LogP contribution is -2.04. The van der Waals surface area contributed by atoms with Crippen LogP contribution in [-0.4, -0.2) is 15.2 Å². The smallest absolute Gasteiger partial charge is 0.290 e. The van der Waals surface area contributed by atoms with Crippen LogP contribution >= 0.6 is 0 Å². The molecule has 0 radical (unpaired) electrons. The van der Waals surface area contributed by atoms with Gasteiger partial charge in [-0.2, -0.15) is 0 Å². The highest BCUT2D eigenvalue weighted by Gasteiger charge is 2.02. The number of aromatic hydroxyl groups is 2. The zero-order chi connectivity index (χ0) is 9.42. The van der Waals surface area contributed by atoms with E-state index in [1.165, 1.54) is 12.1 Å². The number of phenols is 1. The molecule has 2 aromatic rings. The number of benzene rings is 1. The molecule has 66 valence electrons. The van der Waals surface area contributed by atoms with Gasteiger partial charge in [0.05, 0.1) is 5.52 Å². The molecule has 0 aliphatic carbocycles. The highest BCUT2D eigenvalue weighted by Crippen LogP contribution is 2.22. The van der Waals surface area contributed by atoms with E-state index in [2.05, 4.69) is 4.98 Å². The second kappa shape index (κ2) is 2.52. The van der Waals surface area contributed by atoms with Gasteiger partial charge in [0.2, 0.25) is 0 Å². The van der Waals surface area contributed by atoms with Gasteiger partial charge in [-0.05, 0) is 12.1 Å². The molecule has 0 aliphatic rings. The van der Waals surface area contributed by atoms with E-state index >= 15 is 0 Å². The Balaban J connectivity index is 2.97. The Hall–Kier alpha value is -1.97. The molecular formula is C9H7NO3. The predicted molar refractivity (Wildman–Crippen MR) is 47.9 cm³/mol. The number of aromatic amines is 1. The lowest BCUT2D eigenvalue weighted by atomic mass is 10.2. The van der Waals surface area contributed by atoms with Crippen LogP contribution in [0.1, 0.15) is 0 Å². The van der Waals surface area contributed by atoms with E-state index in [0.29, 0.717) is 10.9 Å². The minimum absolute atomic E-state index is 0.00500. The van der Waals surface area contributed by atoms with Crippen molar-refractivity contribution in [2.24, 2.45) is 0 Å². The van der Waals surface area contributed by atoms with Gasteiger partial charge in [0.25, 0.3) is 5.56 Å². The Labute approximate surface area is 73.1 Å². The van der Waals surface area contributed by atoms with E-state index in [1.54, 1.807) is 12.1 Å². The minimum Gasteiger partial charge on any atom is -0.506 e. The van der Waals surface area contributed by atoms with E-state index in [-0.39, 0.29) is 11.5 Å². The Morgan fingerprint density at radius 2 is 1.92 bits per heavy atom. The molecule has 0 spiro atoms. The summed E-state index contributed by atoms with van der Waals surface area (Å²) in [7, 11) is 0. The van der Waals surface area contributed by atoms with Gasteiger partial charge in [0, 0.05) is 5.39 Å². The molecule has 4 nitrogen and oxygen atoms in total. The molecule has 0 bridgehead atoms. The van der Waals surface area contributed by atoms with E-state index in [0.717, 1.165) is 0 Å². The monoisotopic (exact) mass is 177 g/mol. The summed E-state index contributed by atoms with van der Waals surface area (Å²) in [5.74, 6) is -0.354. The van der Waals surface area contributed by atoms with Crippen LogP contribution in [0.25, 0.3) is 10.9 Å². The average molecular weight is 177 g/mol. The SMILES string of the molecule is O=c1[nH]c2c(O)cccc2cc1O. The summed E-state index contributed by atoms with van der Waals surface area (Å²) in [4.78, 5) is 13.3. The van der Waals surface area contributed by atoms with Crippen molar-refractivity contribution in [3.05, 3.63) is 34.6 Å². The molecule has 3 N–H and O–H groups in total. The van der Waals surface area contributed by atoms with E-state index in [9.17, 15) is 9.90 Å². The molecular weight excluding hydrogens is 170 g/mol. The minimum atomic E-state index is -0.603. The third-order valence-electron chi connectivity index (χ3n) is 1.84. The molecule has 1 aromatic heterocycles. The van der Waals surface area contributed by atoms with Crippen LogP contribution < -0.4 is 5.56 Å². The topological polar surface area (TPSA) is 73.3 Å². The molecule has 0 saturated carbocycles. The summed E-state index contributed by atoms with van der Waals surface area (Å²) < 4.78 is 0. The summed E-state index contributed by atoms with van der Waals surface area (Å²) in [6.45, 7) is 0. The number of nitrogens with one attached hydrogen (secondary N) is 1. The number of hydrogen-bond donors (Lipinski definition) is 3. The average Bonchev–Trinajstić information content (AvgIpc) is 2.09. The quantitative estimate of drug-likeness (QED) is 0.560. The fourth-order valence-corrected chi connectivity index (χ4v) is 1.20. The van der Waals surface area contributed by atoms with E-state index in [4.69, 9.17) is 5.11 Å². The highest BCUT2D eigenvalue weighted by molar-refractivity contribution is 5.84. The normalized spacial score (nSPS) is 10.5. The van der Waals surface area contributed by atoms with Crippen LogP contribution in [0, 0.1) is 0 Å². The van der Waals surface area contributed by atoms with Crippen molar-refractivity contribution in [1.29, 1.82) is 0 Å². The van der Waals surface area contributed by atoms with Crippen LogP contribution in [0.5, 0.6) is 11.5 Å². The van der Waals surface area contributed by atoms with Crippen molar-refractivity contribution in [2.45, 2.75) is 0 Å². The fraction of sp³-hybridized carbons (Fsp3) is 0. The van der Waals surface area contributed by atoms with Crippen LogP contribution in [0.3, 0.4) is 0 Å². The first-order chi connectivity index (χ1) is 6.18. The number of fused-ring (bicyclic) bond motifs is 1. The largest absolute Gasteiger partial charge is 0.506 e. The van der Waals surface area contributed by atoms with Gasteiger partial charge in [-0.1, -0.05) is 12.1 Å². The Bertz CT molecular complexity index is 516. The van der Waals surface area contributed by atoms with Crippen LogP contribution in [-0.2, 0) is 0 Å². The molecule has 1 heterocycles. The van der Waals surface area contributed by atoms with Crippen molar-refractivity contribution in [3.8, 4) is 11.5 Å². The van der Waals surface area contributed by atoms with Gasteiger partial charge in [-0.25, -0.2) is 0 Å². The summed E-state index contributed by atoms with van der Waals surface area (Å²) >= 11 is 0. The number of phenolic OH excluding ortho intramolecular Hbond substituents is 1. The van der Waals surface area contributed by atoms with Crippen molar-refractivity contribution in [3.63, 3.8) is 0 Å². The highest BCUT2D eigenvalue weighted by atomic mass is 16.3. The number of aromatic nitrogens is 1. The molecule has 0 aliphatic heterocycles. The first kappa shape index (κ1) is 7.67. The fourth-order valence-electron chi connectivity index (χ4n) is 1.20. The lowest BCUT2D eigenvalue weighted by molar-refractivity contribution is 0.466. The maximum atomic E-state index is 11.0. The maximum Gasteiger partial charge on any atom is 0.290 e. The standard InChI is InChI=1S/C9H7NO3/c11-6-3-1-2-5-4-7(12)9(13)10-8(5)6/h1-4,11-12H,(H,10,13). The Morgan fingerprint density at radius 3 is 2.69 bits per heavy atom. The van der Waals surface area contributed by atoms with Crippen LogP contribution in [0.2, 0.25) is 0 Å². The molecule has 0 atom stereocenters. The van der Waals surface area contributed by atoms with Gasteiger partial charge >= 0.3 is 0 Å². The molecule has 0 fully saturated rings. The third kappa shape index (κ3) is 1.12. The first-order valence-electron chi connectivity index (χ1n) is 3.72. The zero-order valence-electron chi connectivity index (χ0n) is 6.61.